The Morgan fingerprint density at radius 1 is 1.19 bits per heavy atom. The summed E-state index contributed by atoms with van der Waals surface area (Å²) in [6.07, 6.45) is 6.34. The largest absolute Gasteiger partial charge is 0.384 e. The van der Waals surface area contributed by atoms with E-state index >= 15 is 0 Å². The van der Waals surface area contributed by atoms with Crippen molar-refractivity contribution in [3.05, 3.63) is 29.8 Å². The van der Waals surface area contributed by atoms with Gasteiger partial charge in [-0.05, 0) is 31.0 Å². The van der Waals surface area contributed by atoms with Gasteiger partial charge in [0, 0.05) is 11.6 Å². The highest BCUT2D eigenvalue weighted by atomic mass is 32.2. The zero-order valence-corrected chi connectivity index (χ0v) is 12.8. The zero-order valence-electron chi connectivity index (χ0n) is 12.0. The Morgan fingerprint density at radius 3 is 2.57 bits per heavy atom. The minimum atomic E-state index is -3.50. The quantitative estimate of drug-likeness (QED) is 0.663. The van der Waals surface area contributed by atoms with Crippen molar-refractivity contribution in [3.8, 4) is 11.8 Å². The van der Waals surface area contributed by atoms with Crippen LogP contribution in [0.15, 0.2) is 29.2 Å². The lowest BCUT2D eigenvalue weighted by molar-refractivity contribution is 0.350. The van der Waals surface area contributed by atoms with Crippen molar-refractivity contribution in [1.82, 2.24) is 4.72 Å². The summed E-state index contributed by atoms with van der Waals surface area (Å²) < 4.78 is 27.7. The van der Waals surface area contributed by atoms with E-state index < -0.39 is 10.0 Å². The molecule has 0 saturated heterocycles. The van der Waals surface area contributed by atoms with E-state index in [9.17, 15) is 8.42 Å². The molecular weight excluding hydrogens is 286 g/mol. The first-order valence-corrected chi connectivity index (χ1v) is 8.82. The number of benzene rings is 1. The second-order valence-electron chi connectivity index (χ2n) is 5.30. The van der Waals surface area contributed by atoms with Gasteiger partial charge in [-0.15, -0.1) is 0 Å². The van der Waals surface area contributed by atoms with Crippen molar-refractivity contribution in [3.63, 3.8) is 0 Å². The lowest BCUT2D eigenvalue weighted by Crippen LogP contribution is -2.34. The maximum absolute atomic E-state index is 12.4. The normalized spacial score (nSPS) is 16.8. The molecular formula is C16H21NO3S. The first-order valence-electron chi connectivity index (χ1n) is 7.34. The van der Waals surface area contributed by atoms with Crippen molar-refractivity contribution in [1.29, 1.82) is 0 Å². The first kappa shape index (κ1) is 16.0. The Bertz CT molecular complexity index is 620. The SMILES string of the molecule is O=S(=O)(NC1CCCCCC1)c1cccc(C#CCO)c1. The summed E-state index contributed by atoms with van der Waals surface area (Å²) in [4.78, 5) is 0.233. The van der Waals surface area contributed by atoms with E-state index in [4.69, 9.17) is 5.11 Å². The molecule has 4 nitrogen and oxygen atoms in total. The number of hydrogen-bond acceptors (Lipinski definition) is 3. The molecule has 2 N–H and O–H groups in total. The van der Waals surface area contributed by atoms with Crippen molar-refractivity contribution in [2.75, 3.05) is 6.61 Å². The predicted octanol–water partition coefficient (Wildman–Crippen LogP) is 2.03. The highest BCUT2D eigenvalue weighted by molar-refractivity contribution is 7.89. The van der Waals surface area contributed by atoms with Gasteiger partial charge in [0.15, 0.2) is 0 Å². The summed E-state index contributed by atoms with van der Waals surface area (Å²) >= 11 is 0. The number of aliphatic hydroxyl groups is 1. The van der Waals surface area contributed by atoms with Crippen LogP contribution in [0.5, 0.6) is 0 Å². The van der Waals surface area contributed by atoms with Crippen LogP contribution in [0.1, 0.15) is 44.1 Å². The van der Waals surface area contributed by atoms with Crippen LogP contribution in [0, 0.1) is 11.8 Å². The highest BCUT2D eigenvalue weighted by Gasteiger charge is 2.21. The molecule has 0 aromatic heterocycles. The maximum atomic E-state index is 12.4. The standard InChI is InChI=1S/C16H21NO3S/c18-12-6-8-14-7-5-11-16(13-14)21(19,20)17-15-9-3-1-2-4-10-15/h5,7,11,13,15,17-18H,1-4,9-10,12H2. The molecule has 0 heterocycles. The van der Waals surface area contributed by atoms with Gasteiger partial charge in [-0.25, -0.2) is 13.1 Å². The molecule has 2 rings (SSSR count). The molecule has 21 heavy (non-hydrogen) atoms. The Labute approximate surface area is 126 Å². The number of hydrogen-bond donors (Lipinski definition) is 2. The lowest BCUT2D eigenvalue weighted by Gasteiger charge is -2.16. The fourth-order valence-electron chi connectivity index (χ4n) is 2.57. The Kier molecular flexibility index (Phi) is 5.80. The summed E-state index contributed by atoms with van der Waals surface area (Å²) in [5.74, 6) is 5.25. The van der Waals surface area contributed by atoms with Gasteiger partial charge in [0.2, 0.25) is 10.0 Å². The topological polar surface area (TPSA) is 66.4 Å². The Balaban J connectivity index is 2.14. The number of aliphatic hydroxyl groups excluding tert-OH is 1. The van der Waals surface area contributed by atoms with Crippen LogP contribution < -0.4 is 4.72 Å². The van der Waals surface area contributed by atoms with E-state index in [1.54, 1.807) is 24.3 Å². The van der Waals surface area contributed by atoms with Crippen molar-refractivity contribution in [2.45, 2.75) is 49.5 Å². The van der Waals surface area contributed by atoms with Gasteiger partial charge >= 0.3 is 0 Å². The van der Waals surface area contributed by atoms with Crippen LogP contribution in [0.25, 0.3) is 0 Å². The van der Waals surface area contributed by atoms with Crippen molar-refractivity contribution < 1.29 is 13.5 Å². The molecule has 0 unspecified atom stereocenters. The van der Waals surface area contributed by atoms with Crippen LogP contribution in [-0.2, 0) is 10.0 Å². The van der Waals surface area contributed by atoms with Gasteiger partial charge in [-0.3, -0.25) is 0 Å². The average molecular weight is 307 g/mol. The van der Waals surface area contributed by atoms with Gasteiger partial charge in [0.05, 0.1) is 4.90 Å². The predicted molar refractivity (Wildman–Crippen MR) is 82.2 cm³/mol. The van der Waals surface area contributed by atoms with Crippen molar-refractivity contribution in [2.24, 2.45) is 0 Å². The molecule has 0 spiro atoms. The van der Waals surface area contributed by atoms with E-state index in [0.29, 0.717) is 5.56 Å². The molecule has 1 fully saturated rings. The number of rotatable bonds is 3. The molecule has 1 aromatic carbocycles. The van der Waals surface area contributed by atoms with Crippen LogP contribution in [0.3, 0.4) is 0 Å². The second kappa shape index (κ2) is 7.60. The van der Waals surface area contributed by atoms with Crippen molar-refractivity contribution >= 4 is 10.0 Å². The van der Waals surface area contributed by atoms with Gasteiger partial charge < -0.3 is 5.11 Å². The van der Waals surface area contributed by atoms with Crippen LogP contribution in [0.2, 0.25) is 0 Å². The third-order valence-electron chi connectivity index (χ3n) is 3.63. The van der Waals surface area contributed by atoms with Gasteiger partial charge in [0.1, 0.15) is 6.61 Å². The van der Waals surface area contributed by atoms with Crippen LogP contribution >= 0.6 is 0 Å². The fraction of sp³-hybridized carbons (Fsp3) is 0.500. The van der Waals surface area contributed by atoms with Gasteiger partial charge in [-0.1, -0.05) is 43.6 Å². The molecule has 1 aromatic rings. The summed E-state index contributed by atoms with van der Waals surface area (Å²) in [7, 11) is -3.50. The molecule has 1 saturated carbocycles. The average Bonchev–Trinajstić information content (AvgIpc) is 2.73. The summed E-state index contributed by atoms with van der Waals surface area (Å²) in [5, 5.41) is 8.70. The second-order valence-corrected chi connectivity index (χ2v) is 7.01. The molecule has 0 aliphatic heterocycles. The third kappa shape index (κ3) is 4.85. The molecule has 1 aliphatic rings. The summed E-state index contributed by atoms with van der Waals surface area (Å²) in [5.41, 5.74) is 0.591. The summed E-state index contributed by atoms with van der Waals surface area (Å²) in [6, 6.07) is 6.55. The minimum absolute atomic E-state index is 0.0321. The van der Waals surface area contributed by atoms with E-state index in [1.165, 1.54) is 12.8 Å². The molecule has 0 amide bonds. The van der Waals surface area contributed by atoms with E-state index in [1.807, 2.05) is 0 Å². The molecule has 0 bridgehead atoms. The minimum Gasteiger partial charge on any atom is -0.384 e. The van der Waals surface area contributed by atoms with Gasteiger partial charge in [-0.2, -0.15) is 0 Å². The maximum Gasteiger partial charge on any atom is 0.240 e. The zero-order chi connectivity index (χ0) is 15.1. The number of sulfonamides is 1. The van der Waals surface area contributed by atoms with E-state index in [0.717, 1.165) is 25.7 Å². The molecule has 5 heteroatoms. The van der Waals surface area contributed by atoms with E-state index in [2.05, 4.69) is 16.6 Å². The van der Waals surface area contributed by atoms with E-state index in [-0.39, 0.29) is 17.5 Å². The third-order valence-corrected chi connectivity index (χ3v) is 5.15. The Hall–Kier alpha value is -1.35. The lowest BCUT2D eigenvalue weighted by atomic mass is 10.1. The monoisotopic (exact) mass is 307 g/mol. The highest BCUT2D eigenvalue weighted by Crippen LogP contribution is 2.20. The fourth-order valence-corrected chi connectivity index (χ4v) is 3.92. The molecule has 114 valence electrons. The van der Waals surface area contributed by atoms with Crippen LogP contribution in [-0.4, -0.2) is 26.2 Å². The summed E-state index contributed by atoms with van der Waals surface area (Å²) in [6.45, 7) is -0.239. The number of nitrogens with one attached hydrogen (secondary N) is 1. The molecule has 0 atom stereocenters. The van der Waals surface area contributed by atoms with Crippen LogP contribution in [0.4, 0.5) is 0 Å². The van der Waals surface area contributed by atoms with Gasteiger partial charge in [0.25, 0.3) is 0 Å². The smallest absolute Gasteiger partial charge is 0.240 e. The Morgan fingerprint density at radius 2 is 1.90 bits per heavy atom. The molecule has 1 aliphatic carbocycles. The first-order chi connectivity index (χ1) is 10.1. The molecule has 0 radical (unpaired) electrons.